The van der Waals surface area contributed by atoms with Crippen LogP contribution in [-0.2, 0) is 4.79 Å². The van der Waals surface area contributed by atoms with E-state index in [-0.39, 0.29) is 0 Å². The molecule has 3 nitrogen and oxygen atoms in total. The van der Waals surface area contributed by atoms with Crippen LogP contribution in [0.3, 0.4) is 0 Å². The van der Waals surface area contributed by atoms with E-state index in [1.165, 1.54) is 6.42 Å². The van der Waals surface area contributed by atoms with E-state index in [1.54, 1.807) is 0 Å². The van der Waals surface area contributed by atoms with Gasteiger partial charge in [-0.2, -0.15) is 0 Å². The maximum absolute atomic E-state index is 12.2. The van der Waals surface area contributed by atoms with Gasteiger partial charge in [0.25, 0.3) is 0 Å². The molecule has 1 N–H and O–H groups in total. The lowest BCUT2D eigenvalue weighted by molar-refractivity contribution is -0.133. The molecule has 1 aliphatic heterocycles. The van der Waals surface area contributed by atoms with E-state index in [1.807, 2.05) is 4.90 Å². The van der Waals surface area contributed by atoms with Gasteiger partial charge in [0.1, 0.15) is 0 Å². The first-order valence-corrected chi connectivity index (χ1v) is 7.01. The Balaban J connectivity index is 2.35. The fourth-order valence-corrected chi connectivity index (χ4v) is 2.43. The van der Waals surface area contributed by atoms with E-state index in [4.69, 9.17) is 0 Å². The molecule has 1 heterocycles. The predicted molar refractivity (Wildman–Crippen MR) is 71.9 cm³/mol. The van der Waals surface area contributed by atoms with Gasteiger partial charge in [-0.25, -0.2) is 0 Å². The minimum atomic E-state index is 0.326. The third kappa shape index (κ3) is 5.07. The van der Waals surface area contributed by atoms with Crippen molar-refractivity contribution in [2.75, 3.05) is 19.6 Å². The molecule has 0 bridgehead atoms. The zero-order valence-corrected chi connectivity index (χ0v) is 11.8. The van der Waals surface area contributed by atoms with Crippen molar-refractivity contribution in [1.29, 1.82) is 0 Å². The summed E-state index contributed by atoms with van der Waals surface area (Å²) in [6.45, 7) is 11.7. The summed E-state index contributed by atoms with van der Waals surface area (Å²) in [6, 6.07) is 0.326. The molecule has 1 fully saturated rings. The van der Waals surface area contributed by atoms with E-state index in [2.05, 4.69) is 33.0 Å². The molecule has 1 rings (SSSR count). The minimum absolute atomic E-state index is 0.326. The molecule has 0 aromatic rings. The number of nitrogens with one attached hydrogen (secondary N) is 1. The Bertz CT molecular complexity index is 232. The van der Waals surface area contributed by atoms with Crippen molar-refractivity contribution >= 4 is 5.91 Å². The molecule has 17 heavy (non-hydrogen) atoms. The second-order valence-electron chi connectivity index (χ2n) is 5.93. The van der Waals surface area contributed by atoms with Gasteiger partial charge in [0.2, 0.25) is 5.91 Å². The van der Waals surface area contributed by atoms with Crippen molar-refractivity contribution in [3.05, 3.63) is 0 Å². The van der Waals surface area contributed by atoms with E-state index in [9.17, 15) is 4.79 Å². The summed E-state index contributed by atoms with van der Waals surface area (Å²) in [6.07, 6.45) is 3.00. The van der Waals surface area contributed by atoms with E-state index < -0.39 is 0 Å². The first-order valence-electron chi connectivity index (χ1n) is 7.01. The SMILES string of the molecule is CC(C)CN(C(=O)CCC1CCNC1)C(C)C. The van der Waals surface area contributed by atoms with Crippen molar-refractivity contribution in [2.45, 2.75) is 53.0 Å². The van der Waals surface area contributed by atoms with Crippen LogP contribution in [0.1, 0.15) is 47.0 Å². The second-order valence-corrected chi connectivity index (χ2v) is 5.93. The molecule has 1 unspecified atom stereocenters. The molecular formula is C14H28N2O. The molecular weight excluding hydrogens is 212 g/mol. The Morgan fingerprint density at radius 3 is 2.53 bits per heavy atom. The zero-order valence-electron chi connectivity index (χ0n) is 11.8. The lowest BCUT2D eigenvalue weighted by Gasteiger charge is -2.29. The Labute approximate surface area is 106 Å². The van der Waals surface area contributed by atoms with E-state index >= 15 is 0 Å². The molecule has 0 aromatic heterocycles. The Morgan fingerprint density at radius 1 is 1.35 bits per heavy atom. The molecule has 0 saturated carbocycles. The van der Waals surface area contributed by atoms with Gasteiger partial charge in [0.05, 0.1) is 0 Å². The van der Waals surface area contributed by atoms with Crippen LogP contribution in [0.15, 0.2) is 0 Å². The maximum atomic E-state index is 12.2. The Kier molecular flexibility index (Phi) is 5.96. The average Bonchev–Trinajstić information content (AvgIpc) is 2.74. The molecule has 3 heteroatoms. The van der Waals surface area contributed by atoms with Crippen molar-refractivity contribution < 1.29 is 4.79 Å². The van der Waals surface area contributed by atoms with Gasteiger partial charge in [-0.1, -0.05) is 13.8 Å². The van der Waals surface area contributed by atoms with Gasteiger partial charge < -0.3 is 10.2 Å². The van der Waals surface area contributed by atoms with E-state index in [0.29, 0.717) is 23.8 Å². The number of nitrogens with zero attached hydrogens (tertiary/aromatic N) is 1. The third-order valence-electron chi connectivity index (χ3n) is 3.43. The Morgan fingerprint density at radius 2 is 2.06 bits per heavy atom. The molecule has 100 valence electrons. The molecule has 0 aromatic carbocycles. The lowest BCUT2D eigenvalue weighted by atomic mass is 10.0. The minimum Gasteiger partial charge on any atom is -0.340 e. The fourth-order valence-electron chi connectivity index (χ4n) is 2.43. The van der Waals surface area contributed by atoms with Crippen LogP contribution in [0.2, 0.25) is 0 Å². The molecule has 1 aliphatic rings. The smallest absolute Gasteiger partial charge is 0.222 e. The summed E-state index contributed by atoms with van der Waals surface area (Å²) >= 11 is 0. The number of carbonyl (C=O) groups is 1. The van der Waals surface area contributed by atoms with Gasteiger partial charge in [-0.05, 0) is 51.6 Å². The molecule has 0 spiro atoms. The molecule has 1 atom stereocenters. The normalized spacial score (nSPS) is 20.2. The largest absolute Gasteiger partial charge is 0.340 e. The molecule has 0 radical (unpaired) electrons. The number of hydrogen-bond acceptors (Lipinski definition) is 2. The van der Waals surface area contributed by atoms with Crippen molar-refractivity contribution in [1.82, 2.24) is 10.2 Å². The number of carbonyl (C=O) groups excluding carboxylic acids is 1. The van der Waals surface area contributed by atoms with Gasteiger partial charge in [-0.15, -0.1) is 0 Å². The average molecular weight is 240 g/mol. The zero-order chi connectivity index (χ0) is 12.8. The first kappa shape index (κ1) is 14.5. The van der Waals surface area contributed by atoms with Crippen LogP contribution in [0, 0.1) is 11.8 Å². The highest BCUT2D eigenvalue weighted by atomic mass is 16.2. The third-order valence-corrected chi connectivity index (χ3v) is 3.43. The number of rotatable bonds is 6. The molecule has 1 amide bonds. The Hall–Kier alpha value is -0.570. The first-order chi connectivity index (χ1) is 8.00. The number of hydrogen-bond donors (Lipinski definition) is 1. The summed E-state index contributed by atoms with van der Waals surface area (Å²) in [5.74, 6) is 1.60. The highest BCUT2D eigenvalue weighted by molar-refractivity contribution is 5.76. The topological polar surface area (TPSA) is 32.3 Å². The highest BCUT2D eigenvalue weighted by Gasteiger charge is 2.20. The van der Waals surface area contributed by atoms with Crippen LogP contribution < -0.4 is 5.32 Å². The summed E-state index contributed by atoms with van der Waals surface area (Å²) in [5.41, 5.74) is 0. The van der Waals surface area contributed by atoms with Crippen LogP contribution in [0.25, 0.3) is 0 Å². The van der Waals surface area contributed by atoms with Crippen LogP contribution in [0.5, 0.6) is 0 Å². The summed E-state index contributed by atoms with van der Waals surface area (Å²) < 4.78 is 0. The van der Waals surface area contributed by atoms with Crippen molar-refractivity contribution in [3.8, 4) is 0 Å². The van der Waals surface area contributed by atoms with E-state index in [0.717, 1.165) is 32.5 Å². The predicted octanol–water partition coefficient (Wildman–Crippen LogP) is 2.27. The van der Waals surface area contributed by atoms with Crippen LogP contribution in [-0.4, -0.2) is 36.5 Å². The summed E-state index contributed by atoms with van der Waals surface area (Å²) in [4.78, 5) is 14.2. The molecule has 1 saturated heterocycles. The fraction of sp³-hybridized carbons (Fsp3) is 0.929. The van der Waals surface area contributed by atoms with Gasteiger partial charge in [0, 0.05) is 19.0 Å². The van der Waals surface area contributed by atoms with Crippen LogP contribution >= 0.6 is 0 Å². The summed E-state index contributed by atoms with van der Waals surface area (Å²) in [5, 5.41) is 3.36. The van der Waals surface area contributed by atoms with Gasteiger partial charge in [-0.3, -0.25) is 4.79 Å². The maximum Gasteiger partial charge on any atom is 0.222 e. The van der Waals surface area contributed by atoms with Crippen molar-refractivity contribution in [2.24, 2.45) is 11.8 Å². The second kappa shape index (κ2) is 7.00. The standard InChI is InChI=1S/C14H28N2O/c1-11(2)10-16(12(3)4)14(17)6-5-13-7-8-15-9-13/h11-13,15H,5-10H2,1-4H3. The lowest BCUT2D eigenvalue weighted by Crippen LogP contribution is -2.39. The van der Waals surface area contributed by atoms with Gasteiger partial charge >= 0.3 is 0 Å². The highest BCUT2D eigenvalue weighted by Crippen LogP contribution is 2.16. The number of amides is 1. The van der Waals surface area contributed by atoms with Crippen molar-refractivity contribution in [3.63, 3.8) is 0 Å². The van der Waals surface area contributed by atoms with Crippen LogP contribution in [0.4, 0.5) is 0 Å². The summed E-state index contributed by atoms with van der Waals surface area (Å²) in [7, 11) is 0. The monoisotopic (exact) mass is 240 g/mol. The quantitative estimate of drug-likeness (QED) is 0.772. The molecule has 0 aliphatic carbocycles. The van der Waals surface area contributed by atoms with Gasteiger partial charge in [0.15, 0.2) is 0 Å².